The van der Waals surface area contributed by atoms with Gasteiger partial charge in [-0.3, -0.25) is 0 Å². The zero-order chi connectivity index (χ0) is 26.5. The van der Waals surface area contributed by atoms with Crippen molar-refractivity contribution in [3.05, 3.63) is 102 Å². The lowest BCUT2D eigenvalue weighted by molar-refractivity contribution is 0.0592. The first kappa shape index (κ1) is 25.2. The molecule has 4 rings (SSSR count). The van der Waals surface area contributed by atoms with Crippen LogP contribution in [0, 0.1) is 6.07 Å². The number of carboxylic acid groups (broad SMARTS) is 1. The molecule has 1 N–H and O–H groups in total. The minimum absolute atomic E-state index is 0.137. The van der Waals surface area contributed by atoms with Crippen molar-refractivity contribution in [2.24, 2.45) is 0 Å². The number of esters is 2. The lowest BCUT2D eigenvalue weighted by Gasteiger charge is -2.19. The molecule has 4 aromatic rings. The number of aromatic carboxylic acids is 1. The zero-order valence-electron chi connectivity index (χ0n) is 20.4. The molecule has 0 saturated carbocycles. The van der Waals surface area contributed by atoms with E-state index in [0.717, 1.165) is 5.56 Å². The molecule has 7 heteroatoms. The maximum Gasteiger partial charge on any atom is 0.337 e. The van der Waals surface area contributed by atoms with Crippen LogP contribution in [0.15, 0.2) is 78.9 Å². The van der Waals surface area contributed by atoms with Crippen LogP contribution in [0.3, 0.4) is 0 Å². The fourth-order valence-corrected chi connectivity index (χ4v) is 4.09. The van der Waals surface area contributed by atoms with Crippen molar-refractivity contribution >= 4 is 17.9 Å². The van der Waals surface area contributed by atoms with E-state index in [-0.39, 0.29) is 5.56 Å². The molecule has 0 saturated heterocycles. The highest BCUT2D eigenvalue weighted by molar-refractivity contribution is 5.97. The van der Waals surface area contributed by atoms with Gasteiger partial charge in [0.15, 0.2) is 0 Å². The number of carbonyl (C=O) groups excluding carboxylic acids is 2. The van der Waals surface area contributed by atoms with Gasteiger partial charge in [0, 0.05) is 16.7 Å². The molecule has 0 aromatic heterocycles. The number of hydrogen-bond donors (Lipinski definition) is 1. The van der Waals surface area contributed by atoms with Crippen molar-refractivity contribution in [2.45, 2.75) is 0 Å². The molecule has 0 spiro atoms. The first-order valence-electron chi connectivity index (χ1n) is 11.2. The molecule has 37 heavy (non-hydrogen) atoms. The quantitative estimate of drug-likeness (QED) is 0.325. The summed E-state index contributed by atoms with van der Waals surface area (Å²) in [5.41, 5.74) is 4.87. The van der Waals surface area contributed by atoms with Gasteiger partial charge in [0.25, 0.3) is 0 Å². The van der Waals surface area contributed by atoms with Crippen molar-refractivity contribution in [1.29, 1.82) is 0 Å². The third-order valence-electron chi connectivity index (χ3n) is 5.87. The van der Waals surface area contributed by atoms with Gasteiger partial charge in [0.1, 0.15) is 5.75 Å². The minimum Gasteiger partial charge on any atom is -0.495 e. The van der Waals surface area contributed by atoms with Gasteiger partial charge in [-0.1, -0.05) is 36.4 Å². The SMILES string of the molecule is COC(=O)c1ccc(-c2c(-c3cccc(C(=O)OC)c3)[c]cc(-c3cccc(C(=O)O)c3)c2OC)cc1. The van der Waals surface area contributed by atoms with E-state index in [4.69, 9.17) is 14.2 Å². The Bertz CT molecular complexity index is 1490. The van der Waals surface area contributed by atoms with Crippen molar-refractivity contribution in [3.63, 3.8) is 0 Å². The summed E-state index contributed by atoms with van der Waals surface area (Å²) in [7, 11) is 4.16. The Kier molecular flexibility index (Phi) is 7.34. The Hall–Kier alpha value is -4.91. The van der Waals surface area contributed by atoms with E-state index in [1.807, 2.05) is 6.07 Å². The molecule has 0 bridgehead atoms. The highest BCUT2D eigenvalue weighted by Gasteiger charge is 2.21. The van der Waals surface area contributed by atoms with Gasteiger partial charge in [-0.2, -0.15) is 0 Å². The lowest BCUT2D eigenvalue weighted by Crippen LogP contribution is -2.02. The Morgan fingerprint density at radius 2 is 1.30 bits per heavy atom. The van der Waals surface area contributed by atoms with Crippen LogP contribution in [0.4, 0.5) is 0 Å². The summed E-state index contributed by atoms with van der Waals surface area (Å²) in [6, 6.07) is 25.3. The van der Waals surface area contributed by atoms with Crippen molar-refractivity contribution in [1.82, 2.24) is 0 Å². The van der Waals surface area contributed by atoms with E-state index in [1.54, 1.807) is 66.7 Å². The number of hydrogen-bond acceptors (Lipinski definition) is 6. The molecule has 185 valence electrons. The van der Waals surface area contributed by atoms with Crippen LogP contribution >= 0.6 is 0 Å². The van der Waals surface area contributed by atoms with Crippen LogP contribution in [0.5, 0.6) is 5.75 Å². The van der Waals surface area contributed by atoms with E-state index in [9.17, 15) is 19.5 Å². The van der Waals surface area contributed by atoms with Gasteiger partial charge in [-0.25, -0.2) is 14.4 Å². The lowest BCUT2D eigenvalue weighted by atomic mass is 9.88. The summed E-state index contributed by atoms with van der Waals surface area (Å²) >= 11 is 0. The van der Waals surface area contributed by atoms with Gasteiger partial charge in [0.2, 0.25) is 0 Å². The molecular formula is C30H23O7. The summed E-state index contributed by atoms with van der Waals surface area (Å²) < 4.78 is 15.6. The first-order valence-corrected chi connectivity index (χ1v) is 11.2. The third-order valence-corrected chi connectivity index (χ3v) is 5.87. The highest BCUT2D eigenvalue weighted by Crippen LogP contribution is 2.45. The van der Waals surface area contributed by atoms with Crippen LogP contribution in [-0.4, -0.2) is 44.3 Å². The zero-order valence-corrected chi connectivity index (χ0v) is 20.4. The van der Waals surface area contributed by atoms with Crippen LogP contribution < -0.4 is 4.74 Å². The minimum atomic E-state index is -1.04. The Morgan fingerprint density at radius 1 is 0.703 bits per heavy atom. The monoisotopic (exact) mass is 495 g/mol. The topological polar surface area (TPSA) is 99.1 Å². The van der Waals surface area contributed by atoms with E-state index < -0.39 is 17.9 Å². The maximum absolute atomic E-state index is 12.2. The summed E-state index contributed by atoms with van der Waals surface area (Å²) in [6.45, 7) is 0. The molecule has 0 aliphatic carbocycles. The Labute approximate surface area is 213 Å². The van der Waals surface area contributed by atoms with Gasteiger partial charge in [-0.15, -0.1) is 0 Å². The van der Waals surface area contributed by atoms with Crippen molar-refractivity contribution in [3.8, 4) is 39.1 Å². The van der Waals surface area contributed by atoms with E-state index in [1.165, 1.54) is 27.4 Å². The van der Waals surface area contributed by atoms with Gasteiger partial charge in [0.05, 0.1) is 38.0 Å². The molecule has 0 fully saturated rings. The maximum atomic E-state index is 12.2. The summed E-state index contributed by atoms with van der Waals surface area (Å²) in [6.07, 6.45) is 0. The molecule has 4 aromatic carbocycles. The largest absolute Gasteiger partial charge is 0.495 e. The first-order chi connectivity index (χ1) is 17.9. The molecule has 0 atom stereocenters. The average molecular weight is 496 g/mol. The van der Waals surface area contributed by atoms with Crippen LogP contribution in [-0.2, 0) is 9.47 Å². The fourth-order valence-electron chi connectivity index (χ4n) is 4.09. The molecule has 0 aliphatic rings. The summed E-state index contributed by atoms with van der Waals surface area (Å²) in [5.74, 6) is -1.50. The van der Waals surface area contributed by atoms with E-state index >= 15 is 0 Å². The second-order valence-electron chi connectivity index (χ2n) is 8.01. The smallest absolute Gasteiger partial charge is 0.337 e. The molecular weight excluding hydrogens is 472 g/mol. The Morgan fingerprint density at radius 3 is 1.92 bits per heavy atom. The number of carboxylic acids is 1. The second-order valence-corrected chi connectivity index (χ2v) is 8.01. The summed E-state index contributed by atoms with van der Waals surface area (Å²) in [4.78, 5) is 35.7. The second kappa shape index (κ2) is 10.8. The van der Waals surface area contributed by atoms with Crippen LogP contribution in [0.2, 0.25) is 0 Å². The predicted octanol–water partition coefficient (Wildman–Crippen LogP) is 5.77. The summed E-state index contributed by atoms with van der Waals surface area (Å²) in [5, 5.41) is 9.48. The number of rotatable bonds is 7. The fraction of sp³-hybridized carbons (Fsp3) is 0.100. The van der Waals surface area contributed by atoms with Crippen molar-refractivity contribution in [2.75, 3.05) is 21.3 Å². The number of ether oxygens (including phenoxy) is 3. The standard InChI is InChI=1S/C30H23O7/c1-35-27-25(21-7-4-8-22(16-21)28(31)32)15-14-24(20-6-5-9-23(17-20)30(34)37-3)26(27)18-10-12-19(13-11-18)29(33)36-2/h4-13,15-17H,1-3H3,(H,31,32). The van der Waals surface area contributed by atoms with Crippen LogP contribution in [0.25, 0.3) is 33.4 Å². The average Bonchev–Trinajstić information content (AvgIpc) is 2.95. The number of benzene rings is 4. The molecule has 0 heterocycles. The van der Waals surface area contributed by atoms with E-state index in [2.05, 4.69) is 6.07 Å². The normalized spacial score (nSPS) is 10.5. The van der Waals surface area contributed by atoms with Gasteiger partial charge in [-0.05, 0) is 65.2 Å². The third kappa shape index (κ3) is 5.06. The van der Waals surface area contributed by atoms with E-state index in [0.29, 0.717) is 44.7 Å². The predicted molar refractivity (Wildman–Crippen MR) is 138 cm³/mol. The molecule has 0 amide bonds. The molecule has 0 unspecified atom stereocenters. The molecule has 0 aliphatic heterocycles. The number of methoxy groups -OCH3 is 3. The highest BCUT2D eigenvalue weighted by atomic mass is 16.5. The Balaban J connectivity index is 1.99. The van der Waals surface area contributed by atoms with Crippen molar-refractivity contribution < 1.29 is 33.7 Å². The van der Waals surface area contributed by atoms with Gasteiger partial charge < -0.3 is 19.3 Å². The molecule has 7 nitrogen and oxygen atoms in total. The number of carbonyl (C=O) groups is 3. The molecule has 1 radical (unpaired) electrons. The van der Waals surface area contributed by atoms with Crippen LogP contribution in [0.1, 0.15) is 31.1 Å². The van der Waals surface area contributed by atoms with Gasteiger partial charge >= 0.3 is 17.9 Å².